The van der Waals surface area contributed by atoms with Crippen LogP contribution in [0.25, 0.3) is 0 Å². The molecule has 1 heterocycles. The average molecular weight is 281 g/mol. The molecule has 2 rings (SSSR count). The van der Waals surface area contributed by atoms with E-state index < -0.39 is 0 Å². The van der Waals surface area contributed by atoms with Gasteiger partial charge in [0, 0.05) is 10.5 Å². The van der Waals surface area contributed by atoms with Crippen LogP contribution in [0.15, 0.2) is 45.6 Å². The van der Waals surface area contributed by atoms with Crippen LogP contribution in [0, 0.1) is 0 Å². The van der Waals surface area contributed by atoms with Crippen LogP contribution in [-0.2, 0) is 6.54 Å². The summed E-state index contributed by atoms with van der Waals surface area (Å²) in [5, 5.41) is 6.45. The lowest BCUT2D eigenvalue weighted by Crippen LogP contribution is -2.23. The van der Waals surface area contributed by atoms with Gasteiger partial charge in [0.25, 0.3) is 5.91 Å². The van der Waals surface area contributed by atoms with Gasteiger partial charge < -0.3 is 9.84 Å². The van der Waals surface area contributed by atoms with E-state index in [1.54, 1.807) is 12.1 Å². The molecule has 0 unspecified atom stereocenters. The van der Waals surface area contributed by atoms with Crippen LogP contribution in [0.2, 0.25) is 0 Å². The molecule has 2 aromatic rings. The maximum Gasteiger partial charge on any atom is 0.252 e. The smallest absolute Gasteiger partial charge is 0.252 e. The van der Waals surface area contributed by atoms with Gasteiger partial charge in [-0.1, -0.05) is 17.3 Å². The largest absolute Gasteiger partial charge is 0.364 e. The Hall–Kier alpha value is -1.62. The second-order valence-electron chi connectivity index (χ2n) is 3.15. The lowest BCUT2D eigenvalue weighted by molar-refractivity contribution is 0.0949. The molecular formula is C11H9BrN2O2. The summed E-state index contributed by atoms with van der Waals surface area (Å²) in [6.45, 7) is 0.358. The Morgan fingerprint density at radius 2 is 2.19 bits per heavy atom. The number of hydrogen-bond donors (Lipinski definition) is 1. The highest BCUT2D eigenvalue weighted by molar-refractivity contribution is 9.10. The summed E-state index contributed by atoms with van der Waals surface area (Å²) in [7, 11) is 0. The molecule has 0 saturated carbocycles. The zero-order valence-electron chi connectivity index (χ0n) is 8.31. The molecule has 0 saturated heterocycles. The number of carbonyl (C=O) groups is 1. The summed E-state index contributed by atoms with van der Waals surface area (Å²) in [6.07, 6.45) is 1.47. The first-order valence-electron chi connectivity index (χ1n) is 4.69. The van der Waals surface area contributed by atoms with Crippen molar-refractivity contribution in [2.45, 2.75) is 6.54 Å². The first-order chi connectivity index (χ1) is 7.77. The van der Waals surface area contributed by atoms with E-state index in [0.29, 0.717) is 17.8 Å². The predicted octanol–water partition coefficient (Wildman–Crippen LogP) is 2.37. The Morgan fingerprint density at radius 3 is 2.88 bits per heavy atom. The molecule has 0 bridgehead atoms. The zero-order chi connectivity index (χ0) is 11.4. The van der Waals surface area contributed by atoms with Gasteiger partial charge in [-0.3, -0.25) is 4.79 Å². The molecule has 4 nitrogen and oxygen atoms in total. The van der Waals surface area contributed by atoms with Crippen molar-refractivity contribution in [2.75, 3.05) is 0 Å². The van der Waals surface area contributed by atoms with Crippen LogP contribution in [0.3, 0.4) is 0 Å². The Morgan fingerprint density at radius 1 is 1.38 bits per heavy atom. The second kappa shape index (κ2) is 4.94. The van der Waals surface area contributed by atoms with Crippen LogP contribution in [0.1, 0.15) is 16.1 Å². The van der Waals surface area contributed by atoms with E-state index in [4.69, 9.17) is 0 Å². The topological polar surface area (TPSA) is 55.1 Å². The highest BCUT2D eigenvalue weighted by Crippen LogP contribution is 2.15. The van der Waals surface area contributed by atoms with Gasteiger partial charge in [-0.25, -0.2) is 0 Å². The van der Waals surface area contributed by atoms with Gasteiger partial charge in [-0.05, 0) is 28.1 Å². The maximum atomic E-state index is 11.8. The van der Waals surface area contributed by atoms with Crippen LogP contribution in [0.4, 0.5) is 0 Å². The number of rotatable bonds is 3. The molecule has 1 aromatic heterocycles. The Labute approximate surface area is 101 Å². The average Bonchev–Trinajstić information content (AvgIpc) is 2.79. The minimum absolute atomic E-state index is 0.143. The van der Waals surface area contributed by atoms with E-state index in [1.165, 1.54) is 6.26 Å². The molecule has 0 radical (unpaired) electrons. The highest BCUT2D eigenvalue weighted by atomic mass is 79.9. The summed E-state index contributed by atoms with van der Waals surface area (Å²) in [6, 6.07) is 8.96. The first kappa shape index (κ1) is 10.9. The molecule has 1 aromatic carbocycles. The quantitative estimate of drug-likeness (QED) is 0.939. The number of nitrogens with one attached hydrogen (secondary N) is 1. The number of halogens is 1. The van der Waals surface area contributed by atoms with Gasteiger partial charge in [-0.2, -0.15) is 0 Å². The number of aromatic nitrogens is 1. The Bertz CT molecular complexity index is 482. The molecule has 0 spiro atoms. The van der Waals surface area contributed by atoms with Gasteiger partial charge in [-0.15, -0.1) is 0 Å². The number of benzene rings is 1. The fourth-order valence-corrected chi connectivity index (χ4v) is 1.70. The molecule has 0 atom stereocenters. The lowest BCUT2D eigenvalue weighted by Gasteiger charge is -2.04. The van der Waals surface area contributed by atoms with Crippen molar-refractivity contribution in [3.63, 3.8) is 0 Å². The Kier molecular flexibility index (Phi) is 3.36. The van der Waals surface area contributed by atoms with Crippen molar-refractivity contribution < 1.29 is 9.32 Å². The van der Waals surface area contributed by atoms with E-state index in [0.717, 1.165) is 4.47 Å². The van der Waals surface area contributed by atoms with Crippen LogP contribution in [0.5, 0.6) is 0 Å². The molecule has 16 heavy (non-hydrogen) atoms. The van der Waals surface area contributed by atoms with Crippen LogP contribution < -0.4 is 5.32 Å². The third kappa shape index (κ3) is 2.49. The van der Waals surface area contributed by atoms with Crippen LogP contribution >= 0.6 is 15.9 Å². The minimum atomic E-state index is -0.143. The lowest BCUT2D eigenvalue weighted by atomic mass is 10.2. The third-order valence-electron chi connectivity index (χ3n) is 2.04. The fourth-order valence-electron chi connectivity index (χ4n) is 1.24. The summed E-state index contributed by atoms with van der Waals surface area (Å²) in [5.74, 6) is -0.143. The van der Waals surface area contributed by atoms with Crippen molar-refractivity contribution in [1.29, 1.82) is 0 Å². The molecule has 0 aliphatic rings. The highest BCUT2D eigenvalue weighted by Gasteiger charge is 2.08. The van der Waals surface area contributed by atoms with Crippen molar-refractivity contribution in [3.05, 3.63) is 52.3 Å². The van der Waals surface area contributed by atoms with E-state index in [-0.39, 0.29) is 5.91 Å². The zero-order valence-corrected chi connectivity index (χ0v) is 9.90. The summed E-state index contributed by atoms with van der Waals surface area (Å²) < 4.78 is 5.44. The molecular weight excluding hydrogens is 272 g/mol. The summed E-state index contributed by atoms with van der Waals surface area (Å²) in [4.78, 5) is 11.8. The van der Waals surface area contributed by atoms with Crippen LogP contribution in [-0.4, -0.2) is 11.1 Å². The molecule has 0 aliphatic carbocycles. The molecule has 0 aliphatic heterocycles. The standard InChI is InChI=1S/C11H9BrN2O2/c12-10-4-2-1-3-9(10)11(15)13-7-8-5-6-16-14-8/h1-6H,7H2,(H,13,15). The van der Waals surface area contributed by atoms with Crippen molar-refractivity contribution in [3.8, 4) is 0 Å². The van der Waals surface area contributed by atoms with Gasteiger partial charge in [0.2, 0.25) is 0 Å². The van der Waals surface area contributed by atoms with Gasteiger partial charge in [0.1, 0.15) is 12.0 Å². The Balaban J connectivity index is 2.01. The van der Waals surface area contributed by atoms with Gasteiger partial charge in [0.15, 0.2) is 0 Å². The van der Waals surface area contributed by atoms with Crippen molar-refractivity contribution in [2.24, 2.45) is 0 Å². The molecule has 1 N–H and O–H groups in total. The number of amides is 1. The predicted molar refractivity (Wildman–Crippen MR) is 61.8 cm³/mol. The molecule has 1 amide bonds. The van der Waals surface area contributed by atoms with Crippen molar-refractivity contribution in [1.82, 2.24) is 10.5 Å². The van der Waals surface area contributed by atoms with Gasteiger partial charge >= 0.3 is 0 Å². The number of nitrogens with zero attached hydrogens (tertiary/aromatic N) is 1. The third-order valence-corrected chi connectivity index (χ3v) is 2.73. The SMILES string of the molecule is O=C(NCc1ccon1)c1ccccc1Br. The minimum Gasteiger partial charge on any atom is -0.364 e. The normalized spacial score (nSPS) is 10.1. The maximum absolute atomic E-state index is 11.8. The second-order valence-corrected chi connectivity index (χ2v) is 4.01. The number of hydrogen-bond acceptors (Lipinski definition) is 3. The van der Waals surface area contributed by atoms with E-state index in [9.17, 15) is 4.79 Å². The van der Waals surface area contributed by atoms with Gasteiger partial charge in [0.05, 0.1) is 12.1 Å². The molecule has 0 fully saturated rings. The first-order valence-corrected chi connectivity index (χ1v) is 5.48. The van der Waals surface area contributed by atoms with E-state index in [1.807, 2.05) is 18.2 Å². The molecule has 5 heteroatoms. The number of carbonyl (C=O) groups excluding carboxylic acids is 1. The summed E-state index contributed by atoms with van der Waals surface area (Å²) in [5.41, 5.74) is 1.30. The monoisotopic (exact) mass is 280 g/mol. The fraction of sp³-hybridized carbons (Fsp3) is 0.0909. The van der Waals surface area contributed by atoms with E-state index >= 15 is 0 Å². The summed E-state index contributed by atoms with van der Waals surface area (Å²) >= 11 is 3.32. The van der Waals surface area contributed by atoms with Crippen molar-refractivity contribution >= 4 is 21.8 Å². The van der Waals surface area contributed by atoms with E-state index in [2.05, 4.69) is 30.9 Å². The molecule has 82 valence electrons.